The van der Waals surface area contributed by atoms with Crippen LogP contribution in [0.2, 0.25) is 0 Å². The maximum atomic E-state index is 13.4. The highest BCUT2D eigenvalue weighted by Gasteiger charge is 2.30. The van der Waals surface area contributed by atoms with E-state index >= 15 is 0 Å². The third-order valence-electron chi connectivity index (χ3n) is 4.99. The van der Waals surface area contributed by atoms with Gasteiger partial charge in [0.2, 0.25) is 0 Å². The smallest absolute Gasteiger partial charge is 0.338 e. The van der Waals surface area contributed by atoms with Crippen LogP contribution in [0.3, 0.4) is 0 Å². The van der Waals surface area contributed by atoms with Crippen LogP contribution in [-0.4, -0.2) is 17.1 Å². The molecule has 5 nitrogen and oxygen atoms in total. The van der Waals surface area contributed by atoms with E-state index < -0.39 is 12.0 Å². The molecule has 3 heterocycles. The summed E-state index contributed by atoms with van der Waals surface area (Å²) in [6.07, 6.45) is 5.70. The van der Waals surface area contributed by atoms with Crippen molar-refractivity contribution in [3.63, 3.8) is 0 Å². The van der Waals surface area contributed by atoms with Gasteiger partial charge in [-0.15, -0.1) is 11.3 Å². The zero-order valence-electron chi connectivity index (χ0n) is 17.5. The molecule has 0 radical (unpaired) electrons. The van der Waals surface area contributed by atoms with Gasteiger partial charge in [-0.25, -0.2) is 9.79 Å². The molecule has 3 aromatic rings. The number of nitrogens with zero attached hydrogens (tertiary/aromatic N) is 2. The number of aromatic nitrogens is 1. The maximum absolute atomic E-state index is 13.4. The summed E-state index contributed by atoms with van der Waals surface area (Å²) in [5.41, 5.74) is 2.91. The molecule has 0 fully saturated rings. The Morgan fingerprint density at radius 2 is 2.00 bits per heavy atom. The van der Waals surface area contributed by atoms with E-state index in [0.29, 0.717) is 20.6 Å². The Labute approximate surface area is 188 Å². The van der Waals surface area contributed by atoms with Gasteiger partial charge in [-0.2, -0.15) is 0 Å². The van der Waals surface area contributed by atoms with E-state index in [4.69, 9.17) is 4.74 Å². The predicted octanol–water partition coefficient (Wildman–Crippen LogP) is 3.83. The van der Waals surface area contributed by atoms with Crippen molar-refractivity contribution in [1.82, 2.24) is 4.57 Å². The number of rotatable bonds is 5. The maximum Gasteiger partial charge on any atom is 0.338 e. The molecule has 4 rings (SSSR count). The molecule has 1 aliphatic rings. The summed E-state index contributed by atoms with van der Waals surface area (Å²) in [5, 5.41) is 2.01. The largest absolute Gasteiger partial charge is 0.463 e. The van der Waals surface area contributed by atoms with Gasteiger partial charge < -0.3 is 4.74 Å². The summed E-state index contributed by atoms with van der Waals surface area (Å²) in [6.45, 7) is 5.83. The van der Waals surface area contributed by atoms with Crippen LogP contribution in [-0.2, 0) is 9.53 Å². The summed E-state index contributed by atoms with van der Waals surface area (Å²) in [5.74, 6) is -0.449. The van der Waals surface area contributed by atoms with Crippen molar-refractivity contribution in [2.75, 3.05) is 6.61 Å². The first-order valence-electron chi connectivity index (χ1n) is 9.96. The molecule has 31 heavy (non-hydrogen) atoms. The lowest BCUT2D eigenvalue weighted by Crippen LogP contribution is -2.38. The lowest BCUT2D eigenvalue weighted by atomic mass is 10.0. The predicted molar refractivity (Wildman–Crippen MR) is 126 cm³/mol. The van der Waals surface area contributed by atoms with Gasteiger partial charge in [0.25, 0.3) is 5.56 Å². The molecule has 0 N–H and O–H groups in total. The summed E-state index contributed by atoms with van der Waals surface area (Å²) in [4.78, 5) is 32.4. The molecule has 0 bridgehead atoms. The van der Waals surface area contributed by atoms with Gasteiger partial charge in [-0.1, -0.05) is 53.8 Å². The normalized spacial score (nSPS) is 16.5. The average Bonchev–Trinajstić information content (AvgIpc) is 3.29. The summed E-state index contributed by atoms with van der Waals surface area (Å²) >= 11 is 2.93. The number of thiazole rings is 1. The molecule has 1 atom stereocenters. The second-order valence-corrected chi connectivity index (χ2v) is 9.04. The number of carbonyl (C=O) groups excluding carboxylic acids is 1. The molecule has 1 aromatic carbocycles. The van der Waals surface area contributed by atoms with E-state index in [2.05, 4.69) is 4.99 Å². The first-order chi connectivity index (χ1) is 15.0. The number of ether oxygens (including phenoxy) is 1. The average molecular weight is 451 g/mol. The Hall–Kier alpha value is -3.03. The Balaban J connectivity index is 1.89. The molecular formula is C24H22N2O3S2. The zero-order chi connectivity index (χ0) is 22.0. The van der Waals surface area contributed by atoms with Gasteiger partial charge >= 0.3 is 5.97 Å². The molecule has 158 valence electrons. The Morgan fingerprint density at radius 1 is 1.23 bits per heavy atom. The highest BCUT2D eigenvalue weighted by atomic mass is 32.1. The molecule has 0 aliphatic carbocycles. The van der Waals surface area contributed by atoms with Crippen LogP contribution in [0.25, 0.3) is 12.2 Å². The molecule has 1 aliphatic heterocycles. The molecule has 1 unspecified atom stereocenters. The molecule has 0 spiro atoms. The van der Waals surface area contributed by atoms with Crippen LogP contribution in [0.4, 0.5) is 0 Å². The monoisotopic (exact) mass is 450 g/mol. The Kier molecular flexibility index (Phi) is 6.15. The third kappa shape index (κ3) is 4.24. The molecule has 7 heteroatoms. The summed E-state index contributed by atoms with van der Waals surface area (Å²) < 4.78 is 7.48. The van der Waals surface area contributed by atoms with E-state index in [1.807, 2.05) is 66.9 Å². The van der Waals surface area contributed by atoms with Gasteiger partial charge in [0.15, 0.2) is 4.80 Å². The molecule has 0 saturated heterocycles. The number of hydrogen-bond acceptors (Lipinski definition) is 6. The lowest BCUT2D eigenvalue weighted by Gasteiger charge is -2.21. The van der Waals surface area contributed by atoms with Crippen LogP contribution in [0.5, 0.6) is 0 Å². The van der Waals surface area contributed by atoms with E-state index in [1.54, 1.807) is 29.8 Å². The van der Waals surface area contributed by atoms with Crippen molar-refractivity contribution < 1.29 is 9.53 Å². The van der Waals surface area contributed by atoms with Gasteiger partial charge in [0.05, 0.1) is 28.5 Å². The van der Waals surface area contributed by atoms with E-state index in [1.165, 1.54) is 11.3 Å². The van der Waals surface area contributed by atoms with Crippen LogP contribution >= 0.6 is 22.7 Å². The van der Waals surface area contributed by atoms with Gasteiger partial charge in [-0.05, 0) is 49.4 Å². The third-order valence-corrected chi connectivity index (χ3v) is 6.94. The number of fused-ring (bicyclic) bond motifs is 1. The van der Waals surface area contributed by atoms with Crippen molar-refractivity contribution >= 4 is 40.8 Å². The van der Waals surface area contributed by atoms with Crippen molar-refractivity contribution in [3.05, 3.63) is 94.8 Å². The number of hydrogen-bond donors (Lipinski definition) is 0. The fourth-order valence-electron chi connectivity index (χ4n) is 3.43. The Bertz CT molecular complexity index is 1360. The van der Waals surface area contributed by atoms with Crippen molar-refractivity contribution in [2.45, 2.75) is 26.8 Å². The molecule has 2 aromatic heterocycles. The van der Waals surface area contributed by atoms with Crippen molar-refractivity contribution in [3.8, 4) is 0 Å². The lowest BCUT2D eigenvalue weighted by molar-refractivity contribution is -0.139. The van der Waals surface area contributed by atoms with E-state index in [0.717, 1.165) is 16.0 Å². The Morgan fingerprint density at radius 3 is 2.68 bits per heavy atom. The fourth-order valence-corrected chi connectivity index (χ4v) is 5.40. The molecular weight excluding hydrogens is 428 g/mol. The first-order valence-corrected chi connectivity index (χ1v) is 11.7. The SMILES string of the molecule is CCOC(=O)C1=C(C)N=c2sc(=Cc3sccc3C)c(=O)n2C1C=Cc1ccccc1. The minimum atomic E-state index is -0.581. The second kappa shape index (κ2) is 8.99. The number of allylic oxidation sites excluding steroid dienone is 2. The molecule has 0 amide bonds. The minimum Gasteiger partial charge on any atom is -0.463 e. The van der Waals surface area contributed by atoms with Gasteiger partial charge in [0.1, 0.15) is 0 Å². The number of benzene rings is 1. The first kappa shape index (κ1) is 21.2. The highest BCUT2D eigenvalue weighted by molar-refractivity contribution is 7.11. The number of carbonyl (C=O) groups is 1. The van der Waals surface area contributed by atoms with Crippen molar-refractivity contribution in [1.29, 1.82) is 0 Å². The molecule has 0 saturated carbocycles. The summed E-state index contributed by atoms with van der Waals surface area (Å²) in [7, 11) is 0. The standard InChI is InChI=1S/C24H22N2O3S2/c1-4-29-23(28)21-16(3)25-24-26(18(21)11-10-17-8-6-5-7-9-17)22(27)20(31-24)14-19-15(2)12-13-30-19/h5-14,18H,4H2,1-3H3. The van der Waals surface area contributed by atoms with E-state index in [-0.39, 0.29) is 12.2 Å². The summed E-state index contributed by atoms with van der Waals surface area (Å²) in [6, 6.07) is 11.2. The fraction of sp³-hybridized carbons (Fsp3) is 0.208. The number of thiophene rings is 1. The number of aryl methyl sites for hydroxylation is 1. The second-order valence-electron chi connectivity index (χ2n) is 7.08. The minimum absolute atomic E-state index is 0.159. The quantitative estimate of drug-likeness (QED) is 0.555. The van der Waals surface area contributed by atoms with Crippen LogP contribution in [0.15, 0.2) is 68.9 Å². The number of esters is 1. The van der Waals surface area contributed by atoms with Crippen LogP contribution in [0.1, 0.15) is 35.9 Å². The van der Waals surface area contributed by atoms with Crippen molar-refractivity contribution in [2.24, 2.45) is 4.99 Å². The van der Waals surface area contributed by atoms with Crippen LogP contribution in [0, 0.1) is 6.92 Å². The van der Waals surface area contributed by atoms with Crippen LogP contribution < -0.4 is 14.9 Å². The highest BCUT2D eigenvalue weighted by Crippen LogP contribution is 2.26. The topological polar surface area (TPSA) is 60.7 Å². The van der Waals surface area contributed by atoms with E-state index in [9.17, 15) is 9.59 Å². The zero-order valence-corrected chi connectivity index (χ0v) is 19.1. The van der Waals surface area contributed by atoms with Gasteiger partial charge in [-0.3, -0.25) is 9.36 Å². The van der Waals surface area contributed by atoms with Gasteiger partial charge in [0, 0.05) is 4.88 Å².